The van der Waals surface area contributed by atoms with Crippen LogP contribution in [0.1, 0.15) is 28.4 Å². The van der Waals surface area contributed by atoms with E-state index in [-0.39, 0.29) is 23.1 Å². The van der Waals surface area contributed by atoms with E-state index in [2.05, 4.69) is 5.32 Å². The minimum atomic E-state index is -0.576. The third-order valence-electron chi connectivity index (χ3n) is 5.80. The molecule has 1 unspecified atom stereocenters. The van der Waals surface area contributed by atoms with Crippen molar-refractivity contribution in [1.82, 2.24) is 0 Å². The molecule has 8 heteroatoms. The number of thioether (sulfide) groups is 1. The van der Waals surface area contributed by atoms with Crippen molar-refractivity contribution in [3.8, 4) is 6.07 Å². The maximum absolute atomic E-state index is 13.6. The minimum Gasteiger partial charge on any atom is -0.462 e. The number of amides is 2. The lowest BCUT2D eigenvalue weighted by Gasteiger charge is -2.18. The van der Waals surface area contributed by atoms with E-state index in [4.69, 9.17) is 4.74 Å². The predicted molar refractivity (Wildman–Crippen MR) is 144 cm³/mol. The number of carbonyl (C=O) groups is 3. The number of hydrogen-bond donors (Lipinski definition) is 1. The van der Waals surface area contributed by atoms with Gasteiger partial charge in [-0.2, -0.15) is 5.26 Å². The zero-order valence-electron chi connectivity index (χ0n) is 20.4. The lowest BCUT2D eigenvalue weighted by atomic mass is 10.1. The Labute approximate surface area is 219 Å². The fourth-order valence-electron chi connectivity index (χ4n) is 3.90. The number of aryl methyl sites for hydroxylation is 1. The first kappa shape index (κ1) is 25.7. The highest BCUT2D eigenvalue weighted by Crippen LogP contribution is 2.42. The van der Waals surface area contributed by atoms with Gasteiger partial charge in [0.25, 0.3) is 5.91 Å². The maximum atomic E-state index is 13.6. The number of anilines is 2. The van der Waals surface area contributed by atoms with Crippen LogP contribution in [0, 0.1) is 18.3 Å². The number of hydrogen-bond acceptors (Lipinski definition) is 6. The first-order valence-corrected chi connectivity index (χ1v) is 12.6. The lowest BCUT2D eigenvalue weighted by Crippen LogP contribution is -2.30. The van der Waals surface area contributed by atoms with E-state index >= 15 is 0 Å². The Balaban J connectivity index is 1.65. The Morgan fingerprint density at radius 2 is 1.70 bits per heavy atom. The van der Waals surface area contributed by atoms with Crippen molar-refractivity contribution in [3.63, 3.8) is 0 Å². The summed E-state index contributed by atoms with van der Waals surface area (Å²) in [6.45, 7) is 3.90. The number of para-hydroxylation sites is 2. The fourth-order valence-corrected chi connectivity index (χ4v) is 5.21. The van der Waals surface area contributed by atoms with Gasteiger partial charge in [0.15, 0.2) is 0 Å². The maximum Gasteiger partial charge on any atom is 0.338 e. The molecule has 0 saturated carbocycles. The first-order chi connectivity index (χ1) is 17.9. The number of ether oxygens (including phenoxy) is 1. The van der Waals surface area contributed by atoms with Gasteiger partial charge in [-0.1, -0.05) is 60.3 Å². The van der Waals surface area contributed by atoms with Crippen LogP contribution in [0.4, 0.5) is 11.4 Å². The molecule has 0 radical (unpaired) electrons. The number of nitrogens with zero attached hydrogens (tertiary/aromatic N) is 2. The SMILES string of the molecule is CCOC(=O)c1ccc(CC2S/C(=C(/C#N)C(=O)Nc3ccccc3C)N(c3ccccc3)C2=O)cc1. The second kappa shape index (κ2) is 11.6. The number of nitrogens with one attached hydrogen (secondary N) is 1. The average Bonchev–Trinajstić information content (AvgIpc) is 3.22. The van der Waals surface area contributed by atoms with Crippen LogP contribution in [-0.4, -0.2) is 29.6 Å². The molecule has 1 aliphatic heterocycles. The molecule has 7 nitrogen and oxygen atoms in total. The van der Waals surface area contributed by atoms with Gasteiger partial charge in [-0.25, -0.2) is 4.79 Å². The summed E-state index contributed by atoms with van der Waals surface area (Å²) in [5, 5.41) is 12.5. The molecule has 1 N–H and O–H groups in total. The highest BCUT2D eigenvalue weighted by atomic mass is 32.2. The number of rotatable bonds is 7. The summed E-state index contributed by atoms with van der Waals surface area (Å²) >= 11 is 1.19. The fraction of sp³-hybridized carbons (Fsp3) is 0.172. The molecular weight excluding hydrogens is 486 g/mol. The summed E-state index contributed by atoms with van der Waals surface area (Å²) in [6.07, 6.45) is 0.359. The van der Waals surface area contributed by atoms with Gasteiger partial charge in [0.2, 0.25) is 5.91 Å². The molecule has 1 saturated heterocycles. The van der Waals surface area contributed by atoms with Gasteiger partial charge in [0.05, 0.1) is 17.4 Å². The van der Waals surface area contributed by atoms with Gasteiger partial charge < -0.3 is 10.1 Å². The Kier molecular flexibility index (Phi) is 8.06. The normalized spacial score (nSPS) is 16.2. The highest BCUT2D eigenvalue weighted by Gasteiger charge is 2.40. The number of benzene rings is 3. The second-order valence-electron chi connectivity index (χ2n) is 8.30. The summed E-state index contributed by atoms with van der Waals surface area (Å²) < 4.78 is 5.03. The van der Waals surface area contributed by atoms with Gasteiger partial charge in [0, 0.05) is 11.4 Å². The van der Waals surface area contributed by atoms with E-state index in [9.17, 15) is 19.6 Å². The monoisotopic (exact) mass is 511 g/mol. The Hall–Kier alpha value is -4.35. The third-order valence-corrected chi connectivity index (χ3v) is 7.06. The van der Waals surface area contributed by atoms with Crippen LogP contribution in [0.3, 0.4) is 0 Å². The van der Waals surface area contributed by atoms with Gasteiger partial charge >= 0.3 is 5.97 Å². The standard InChI is InChI=1S/C29H25N3O4S/c1-3-36-29(35)21-15-13-20(14-16-21)17-25-27(34)32(22-10-5-4-6-11-22)28(37-25)23(18-30)26(33)31-24-12-8-7-9-19(24)2/h4-16,25H,3,17H2,1-2H3,(H,31,33)/b28-23-. The number of carbonyl (C=O) groups excluding carboxylic acids is 3. The molecule has 0 aromatic heterocycles. The van der Waals surface area contributed by atoms with Crippen molar-refractivity contribution in [2.75, 3.05) is 16.8 Å². The van der Waals surface area contributed by atoms with Crippen molar-refractivity contribution < 1.29 is 19.1 Å². The Bertz CT molecular complexity index is 1390. The van der Waals surface area contributed by atoms with Gasteiger partial charge in [-0.05, 0) is 61.7 Å². The second-order valence-corrected chi connectivity index (χ2v) is 9.49. The third kappa shape index (κ3) is 5.74. The zero-order valence-corrected chi connectivity index (χ0v) is 21.2. The summed E-state index contributed by atoms with van der Waals surface area (Å²) in [5.41, 5.74) is 3.17. The summed E-state index contributed by atoms with van der Waals surface area (Å²) in [4.78, 5) is 40.2. The smallest absolute Gasteiger partial charge is 0.338 e. The molecule has 0 bridgehead atoms. The molecule has 1 atom stereocenters. The molecule has 2 amide bonds. The quantitative estimate of drug-likeness (QED) is 0.265. The van der Waals surface area contributed by atoms with Crippen molar-refractivity contribution in [3.05, 3.63) is 106 Å². The molecule has 37 heavy (non-hydrogen) atoms. The number of esters is 1. The molecule has 3 aromatic rings. The van der Waals surface area contributed by atoms with Crippen LogP contribution in [0.15, 0.2) is 89.5 Å². The van der Waals surface area contributed by atoms with E-state index in [1.165, 1.54) is 16.7 Å². The van der Waals surface area contributed by atoms with Crippen molar-refractivity contribution >= 4 is 40.9 Å². The molecule has 1 heterocycles. The Morgan fingerprint density at radius 3 is 2.35 bits per heavy atom. The van der Waals surface area contributed by atoms with Crippen LogP contribution in [0.5, 0.6) is 0 Å². The number of nitriles is 1. The van der Waals surface area contributed by atoms with Gasteiger partial charge in [-0.15, -0.1) is 0 Å². The average molecular weight is 512 g/mol. The van der Waals surface area contributed by atoms with E-state index in [0.717, 1.165) is 11.1 Å². The van der Waals surface area contributed by atoms with Crippen molar-refractivity contribution in [2.24, 2.45) is 0 Å². The molecular formula is C29H25N3O4S. The predicted octanol–water partition coefficient (Wildman–Crippen LogP) is 5.24. The van der Waals surface area contributed by atoms with E-state index in [0.29, 0.717) is 23.4 Å². The molecule has 0 aliphatic carbocycles. The van der Waals surface area contributed by atoms with E-state index < -0.39 is 17.1 Å². The molecule has 186 valence electrons. The summed E-state index contributed by atoms with van der Waals surface area (Å²) in [5.74, 6) is -1.20. The van der Waals surface area contributed by atoms with Crippen LogP contribution >= 0.6 is 11.8 Å². The molecule has 4 rings (SSSR count). The van der Waals surface area contributed by atoms with Crippen LogP contribution in [0.25, 0.3) is 0 Å². The molecule has 0 spiro atoms. The summed E-state index contributed by atoms with van der Waals surface area (Å²) in [6, 6.07) is 25.2. The minimum absolute atomic E-state index is 0.134. The molecule has 1 aliphatic rings. The van der Waals surface area contributed by atoms with Crippen LogP contribution in [0.2, 0.25) is 0 Å². The summed E-state index contributed by atoms with van der Waals surface area (Å²) in [7, 11) is 0. The molecule has 3 aromatic carbocycles. The lowest BCUT2D eigenvalue weighted by molar-refractivity contribution is -0.117. The largest absolute Gasteiger partial charge is 0.462 e. The molecule has 1 fully saturated rings. The topological polar surface area (TPSA) is 99.5 Å². The van der Waals surface area contributed by atoms with Crippen LogP contribution < -0.4 is 10.2 Å². The van der Waals surface area contributed by atoms with Gasteiger partial charge in [-0.3, -0.25) is 14.5 Å². The first-order valence-electron chi connectivity index (χ1n) is 11.8. The van der Waals surface area contributed by atoms with Crippen LogP contribution in [-0.2, 0) is 20.7 Å². The van der Waals surface area contributed by atoms with Gasteiger partial charge in [0.1, 0.15) is 16.7 Å². The van der Waals surface area contributed by atoms with E-state index in [1.807, 2.05) is 31.2 Å². The van der Waals surface area contributed by atoms with Crippen molar-refractivity contribution in [1.29, 1.82) is 5.26 Å². The van der Waals surface area contributed by atoms with E-state index in [1.54, 1.807) is 67.6 Å². The Morgan fingerprint density at radius 1 is 1.03 bits per heavy atom. The van der Waals surface area contributed by atoms with Crippen molar-refractivity contribution in [2.45, 2.75) is 25.5 Å². The highest BCUT2D eigenvalue weighted by molar-refractivity contribution is 8.05. The zero-order chi connectivity index (χ0) is 26.4.